The standard InChI is InChI=1S/C11H20O3/c1-10(2,14-5)6-7-8(9(12)13)11(7,3)4/h7-8H,6H2,1-5H3,(H,12,13)/t7-,8+/m0/s1. The molecule has 1 fully saturated rings. The van der Waals surface area contributed by atoms with Gasteiger partial charge in [0.2, 0.25) is 0 Å². The predicted molar refractivity (Wildman–Crippen MR) is 54.1 cm³/mol. The van der Waals surface area contributed by atoms with Gasteiger partial charge < -0.3 is 9.84 Å². The van der Waals surface area contributed by atoms with Gasteiger partial charge in [-0.25, -0.2) is 0 Å². The molecule has 1 rings (SSSR count). The molecule has 0 bridgehead atoms. The highest BCUT2D eigenvalue weighted by molar-refractivity contribution is 5.75. The zero-order valence-corrected chi connectivity index (χ0v) is 9.63. The Morgan fingerprint density at radius 2 is 2.00 bits per heavy atom. The van der Waals surface area contributed by atoms with Gasteiger partial charge in [-0.15, -0.1) is 0 Å². The molecule has 0 unspecified atom stereocenters. The Morgan fingerprint density at radius 3 is 2.29 bits per heavy atom. The molecule has 0 aromatic carbocycles. The third-order valence-electron chi connectivity index (χ3n) is 3.58. The van der Waals surface area contributed by atoms with Crippen molar-refractivity contribution in [2.24, 2.45) is 17.3 Å². The molecule has 0 spiro atoms. The van der Waals surface area contributed by atoms with E-state index in [1.54, 1.807) is 7.11 Å². The van der Waals surface area contributed by atoms with Crippen molar-refractivity contribution in [2.75, 3.05) is 7.11 Å². The molecule has 0 aromatic heterocycles. The number of aliphatic carboxylic acids is 1. The second-order valence-electron chi connectivity index (χ2n) is 5.41. The highest BCUT2D eigenvalue weighted by Gasteiger charge is 2.62. The molecule has 1 saturated carbocycles. The van der Waals surface area contributed by atoms with Crippen molar-refractivity contribution in [2.45, 2.75) is 39.7 Å². The number of hydrogen-bond acceptors (Lipinski definition) is 2. The largest absolute Gasteiger partial charge is 0.481 e. The van der Waals surface area contributed by atoms with Gasteiger partial charge in [-0.05, 0) is 31.6 Å². The molecule has 2 atom stereocenters. The summed E-state index contributed by atoms with van der Waals surface area (Å²) >= 11 is 0. The lowest BCUT2D eigenvalue weighted by Gasteiger charge is -2.23. The van der Waals surface area contributed by atoms with Crippen LogP contribution in [0, 0.1) is 17.3 Å². The summed E-state index contributed by atoms with van der Waals surface area (Å²) in [5.74, 6) is -0.626. The summed E-state index contributed by atoms with van der Waals surface area (Å²) < 4.78 is 5.32. The molecule has 0 aromatic rings. The van der Waals surface area contributed by atoms with Crippen molar-refractivity contribution >= 4 is 5.97 Å². The predicted octanol–water partition coefficient (Wildman–Crippen LogP) is 2.16. The van der Waals surface area contributed by atoms with Crippen LogP contribution in [0.3, 0.4) is 0 Å². The molecule has 0 amide bonds. The lowest BCUT2D eigenvalue weighted by atomic mass is 9.97. The van der Waals surface area contributed by atoms with E-state index in [4.69, 9.17) is 9.84 Å². The topological polar surface area (TPSA) is 46.5 Å². The van der Waals surface area contributed by atoms with Crippen molar-refractivity contribution in [3.63, 3.8) is 0 Å². The van der Waals surface area contributed by atoms with Gasteiger partial charge in [-0.2, -0.15) is 0 Å². The van der Waals surface area contributed by atoms with E-state index in [-0.39, 0.29) is 22.9 Å². The van der Waals surface area contributed by atoms with E-state index in [2.05, 4.69) is 0 Å². The third-order valence-corrected chi connectivity index (χ3v) is 3.58. The Kier molecular flexibility index (Phi) is 2.65. The van der Waals surface area contributed by atoms with Gasteiger partial charge >= 0.3 is 5.97 Å². The molecular weight excluding hydrogens is 180 g/mol. The molecule has 0 saturated heterocycles. The Morgan fingerprint density at radius 1 is 1.50 bits per heavy atom. The molecular formula is C11H20O3. The lowest BCUT2D eigenvalue weighted by Crippen LogP contribution is -2.24. The Balaban J connectivity index is 2.62. The van der Waals surface area contributed by atoms with E-state index in [0.717, 1.165) is 6.42 Å². The SMILES string of the molecule is COC(C)(C)C[C@H]1[C@H](C(=O)O)C1(C)C. The maximum absolute atomic E-state index is 10.9. The van der Waals surface area contributed by atoms with Crippen molar-refractivity contribution in [1.82, 2.24) is 0 Å². The molecule has 0 heterocycles. The highest BCUT2D eigenvalue weighted by Crippen LogP contribution is 2.61. The fraction of sp³-hybridized carbons (Fsp3) is 0.909. The third kappa shape index (κ3) is 1.92. The first kappa shape index (κ1) is 11.5. The van der Waals surface area contributed by atoms with Crippen molar-refractivity contribution in [3.8, 4) is 0 Å². The first-order chi connectivity index (χ1) is 6.22. The van der Waals surface area contributed by atoms with Gasteiger partial charge in [0.25, 0.3) is 0 Å². The molecule has 82 valence electrons. The van der Waals surface area contributed by atoms with Crippen LogP contribution >= 0.6 is 0 Å². The van der Waals surface area contributed by atoms with Gasteiger partial charge in [-0.1, -0.05) is 13.8 Å². The summed E-state index contributed by atoms with van der Waals surface area (Å²) in [6, 6.07) is 0. The van der Waals surface area contributed by atoms with Crippen LogP contribution in [0.15, 0.2) is 0 Å². The Labute approximate surface area is 85.5 Å². The normalized spacial score (nSPS) is 30.1. The fourth-order valence-electron chi connectivity index (χ4n) is 2.23. The minimum Gasteiger partial charge on any atom is -0.481 e. The maximum atomic E-state index is 10.9. The van der Waals surface area contributed by atoms with Gasteiger partial charge in [0.05, 0.1) is 11.5 Å². The van der Waals surface area contributed by atoms with E-state index in [1.165, 1.54) is 0 Å². The average molecular weight is 200 g/mol. The summed E-state index contributed by atoms with van der Waals surface area (Å²) in [6.45, 7) is 8.03. The number of methoxy groups -OCH3 is 1. The number of rotatable bonds is 4. The van der Waals surface area contributed by atoms with Crippen molar-refractivity contribution in [1.29, 1.82) is 0 Å². The fourth-order valence-corrected chi connectivity index (χ4v) is 2.23. The molecule has 0 aliphatic heterocycles. The minimum atomic E-state index is -0.674. The molecule has 3 nitrogen and oxygen atoms in total. The number of ether oxygens (including phenoxy) is 1. The molecule has 3 heteroatoms. The Bertz CT molecular complexity index is 243. The zero-order valence-electron chi connectivity index (χ0n) is 9.63. The van der Waals surface area contributed by atoms with Gasteiger partial charge in [-0.3, -0.25) is 4.79 Å². The van der Waals surface area contributed by atoms with E-state index >= 15 is 0 Å². The summed E-state index contributed by atoms with van der Waals surface area (Å²) in [5, 5.41) is 8.99. The number of hydrogen-bond donors (Lipinski definition) is 1. The summed E-state index contributed by atoms with van der Waals surface area (Å²) in [4.78, 5) is 10.9. The van der Waals surface area contributed by atoms with Crippen LogP contribution < -0.4 is 0 Å². The summed E-state index contributed by atoms with van der Waals surface area (Å²) in [5.41, 5.74) is -0.284. The van der Waals surface area contributed by atoms with Gasteiger partial charge in [0, 0.05) is 7.11 Å². The summed E-state index contributed by atoms with van der Waals surface area (Å²) in [7, 11) is 1.67. The van der Waals surface area contributed by atoms with Crippen molar-refractivity contribution < 1.29 is 14.6 Å². The van der Waals surface area contributed by atoms with Crippen LogP contribution in [-0.2, 0) is 9.53 Å². The maximum Gasteiger partial charge on any atom is 0.307 e. The van der Waals surface area contributed by atoms with E-state index in [0.29, 0.717) is 0 Å². The number of carbonyl (C=O) groups is 1. The minimum absolute atomic E-state index is 0.0678. The van der Waals surface area contributed by atoms with Gasteiger partial charge in [0.1, 0.15) is 0 Å². The zero-order chi connectivity index (χ0) is 11.1. The van der Waals surface area contributed by atoms with Crippen LogP contribution in [0.25, 0.3) is 0 Å². The molecule has 1 aliphatic rings. The summed E-state index contributed by atoms with van der Waals surface area (Å²) in [6.07, 6.45) is 0.813. The molecule has 0 radical (unpaired) electrons. The van der Waals surface area contributed by atoms with Gasteiger partial charge in [0.15, 0.2) is 0 Å². The second kappa shape index (κ2) is 3.23. The number of carboxylic acids is 1. The quantitative estimate of drug-likeness (QED) is 0.756. The molecule has 1 N–H and O–H groups in total. The second-order valence-corrected chi connectivity index (χ2v) is 5.41. The Hall–Kier alpha value is -0.570. The molecule has 1 aliphatic carbocycles. The monoisotopic (exact) mass is 200 g/mol. The van der Waals surface area contributed by atoms with Crippen LogP contribution in [0.2, 0.25) is 0 Å². The lowest BCUT2D eigenvalue weighted by molar-refractivity contribution is -0.139. The highest BCUT2D eigenvalue weighted by atomic mass is 16.5. The average Bonchev–Trinajstić information content (AvgIpc) is 2.52. The number of carboxylic acid groups (broad SMARTS) is 1. The molecule has 14 heavy (non-hydrogen) atoms. The van der Waals surface area contributed by atoms with Crippen LogP contribution in [0.1, 0.15) is 34.1 Å². The smallest absolute Gasteiger partial charge is 0.307 e. The van der Waals surface area contributed by atoms with Crippen LogP contribution in [0.5, 0.6) is 0 Å². The first-order valence-electron chi connectivity index (χ1n) is 5.00. The van der Waals surface area contributed by atoms with E-state index in [9.17, 15) is 4.79 Å². The van der Waals surface area contributed by atoms with Crippen LogP contribution in [0.4, 0.5) is 0 Å². The first-order valence-corrected chi connectivity index (χ1v) is 5.00. The van der Waals surface area contributed by atoms with E-state index in [1.807, 2.05) is 27.7 Å². The van der Waals surface area contributed by atoms with E-state index < -0.39 is 5.97 Å². The van der Waals surface area contributed by atoms with Crippen molar-refractivity contribution in [3.05, 3.63) is 0 Å². The van der Waals surface area contributed by atoms with Crippen LogP contribution in [-0.4, -0.2) is 23.8 Å².